The second kappa shape index (κ2) is 21.7. The number of unbranched alkanes of at least 4 members (excludes halogenated alkanes) is 11. The van der Waals surface area contributed by atoms with E-state index in [0.717, 1.165) is 57.8 Å². The van der Waals surface area contributed by atoms with Crippen LogP contribution >= 0.6 is 0 Å². The fraction of sp³-hybridized carbons (Fsp3) is 1.00. The standard InChI is InChI=1S/C22H46O4S.K/c1-3-5-7-14-17-21(23)18-15-12-10-8-9-11-13-16-20-22(19-6-4-2)27(24,25)26;/h21-23H,3-20H2,1-2H3,(H,24,25,26);/q;+1/p-1. The Bertz CT molecular complexity index is 415. The van der Waals surface area contributed by atoms with E-state index in [0.29, 0.717) is 12.8 Å². The summed E-state index contributed by atoms with van der Waals surface area (Å²) >= 11 is 0. The zero-order valence-electron chi connectivity index (χ0n) is 19.0. The Morgan fingerprint density at radius 2 is 1.00 bits per heavy atom. The molecule has 164 valence electrons. The molecule has 0 heterocycles. The molecule has 0 spiro atoms. The van der Waals surface area contributed by atoms with Crippen LogP contribution in [0.15, 0.2) is 0 Å². The number of hydrogen-bond acceptors (Lipinski definition) is 4. The summed E-state index contributed by atoms with van der Waals surface area (Å²) < 4.78 is 33.8. The average molecular weight is 445 g/mol. The number of rotatable bonds is 20. The summed E-state index contributed by atoms with van der Waals surface area (Å²) in [6.07, 6.45) is 18.4. The van der Waals surface area contributed by atoms with Crippen LogP contribution in [0, 0.1) is 0 Å². The Morgan fingerprint density at radius 1 is 0.643 bits per heavy atom. The molecular formula is C22H45KO4S. The molecule has 0 saturated carbocycles. The van der Waals surface area contributed by atoms with E-state index in [1.165, 1.54) is 44.9 Å². The topological polar surface area (TPSA) is 77.4 Å². The average Bonchev–Trinajstić information content (AvgIpc) is 2.61. The minimum atomic E-state index is -4.13. The first-order chi connectivity index (χ1) is 12.9. The molecule has 0 radical (unpaired) electrons. The van der Waals surface area contributed by atoms with Crippen LogP contribution in [0.4, 0.5) is 0 Å². The molecular weight excluding hydrogens is 399 g/mol. The molecule has 0 aliphatic heterocycles. The van der Waals surface area contributed by atoms with Crippen molar-refractivity contribution in [3.63, 3.8) is 0 Å². The van der Waals surface area contributed by atoms with Gasteiger partial charge in [-0.05, 0) is 25.7 Å². The van der Waals surface area contributed by atoms with Gasteiger partial charge in [0.05, 0.1) is 16.2 Å². The number of aliphatic hydroxyl groups excluding tert-OH is 1. The molecule has 4 nitrogen and oxygen atoms in total. The third kappa shape index (κ3) is 20.8. The normalized spacial score (nSPS) is 13.9. The second-order valence-electron chi connectivity index (χ2n) is 8.17. The molecule has 0 amide bonds. The van der Waals surface area contributed by atoms with Gasteiger partial charge in [0.15, 0.2) is 0 Å². The largest absolute Gasteiger partial charge is 1.00 e. The van der Waals surface area contributed by atoms with Gasteiger partial charge in [-0.3, -0.25) is 0 Å². The van der Waals surface area contributed by atoms with Gasteiger partial charge in [0, 0.05) is 5.25 Å². The molecule has 1 N–H and O–H groups in total. The Kier molecular flexibility index (Phi) is 24.6. The molecule has 2 unspecified atom stereocenters. The molecule has 0 aromatic carbocycles. The number of aliphatic hydroxyl groups is 1. The first kappa shape index (κ1) is 31.7. The van der Waals surface area contributed by atoms with Gasteiger partial charge in [-0.15, -0.1) is 0 Å². The van der Waals surface area contributed by atoms with E-state index in [2.05, 4.69) is 6.92 Å². The molecule has 0 fully saturated rings. The summed E-state index contributed by atoms with van der Waals surface area (Å²) in [5.41, 5.74) is 0. The number of hydrogen-bond donors (Lipinski definition) is 1. The van der Waals surface area contributed by atoms with Crippen LogP contribution in [-0.4, -0.2) is 29.4 Å². The Labute approximate surface area is 218 Å². The minimum Gasteiger partial charge on any atom is -0.748 e. The molecule has 0 bridgehead atoms. The van der Waals surface area contributed by atoms with Crippen molar-refractivity contribution >= 4 is 10.1 Å². The summed E-state index contributed by atoms with van der Waals surface area (Å²) in [6, 6.07) is 0. The predicted octanol–water partition coefficient (Wildman–Crippen LogP) is 3.33. The summed E-state index contributed by atoms with van der Waals surface area (Å²) in [4.78, 5) is 0. The fourth-order valence-electron chi connectivity index (χ4n) is 3.63. The summed E-state index contributed by atoms with van der Waals surface area (Å²) in [5, 5.41) is 9.26. The van der Waals surface area contributed by atoms with Gasteiger partial charge in [0.1, 0.15) is 0 Å². The Hall–Kier alpha value is 1.51. The molecule has 0 rings (SSSR count). The van der Waals surface area contributed by atoms with Crippen LogP contribution in [0.2, 0.25) is 0 Å². The van der Waals surface area contributed by atoms with E-state index >= 15 is 0 Å². The van der Waals surface area contributed by atoms with Crippen LogP contribution in [0.1, 0.15) is 129 Å². The van der Waals surface area contributed by atoms with Gasteiger partial charge in [0.2, 0.25) is 0 Å². The van der Waals surface area contributed by atoms with Crippen molar-refractivity contribution in [2.45, 2.75) is 141 Å². The van der Waals surface area contributed by atoms with Crippen molar-refractivity contribution in [2.24, 2.45) is 0 Å². The smallest absolute Gasteiger partial charge is 0.748 e. The van der Waals surface area contributed by atoms with Gasteiger partial charge in [0.25, 0.3) is 0 Å². The maximum atomic E-state index is 11.3. The summed E-state index contributed by atoms with van der Waals surface area (Å²) in [5.74, 6) is 0. The first-order valence-electron chi connectivity index (χ1n) is 11.5. The van der Waals surface area contributed by atoms with E-state index in [4.69, 9.17) is 0 Å². The Morgan fingerprint density at radius 3 is 1.43 bits per heavy atom. The van der Waals surface area contributed by atoms with E-state index in [1.54, 1.807) is 0 Å². The van der Waals surface area contributed by atoms with E-state index in [9.17, 15) is 18.1 Å². The third-order valence-corrected chi connectivity index (χ3v) is 6.78. The zero-order chi connectivity index (χ0) is 20.4. The maximum Gasteiger partial charge on any atom is 1.00 e. The monoisotopic (exact) mass is 444 g/mol. The molecule has 0 aromatic heterocycles. The first-order valence-corrected chi connectivity index (χ1v) is 13.0. The van der Waals surface area contributed by atoms with Crippen molar-refractivity contribution < 1.29 is 69.5 Å². The van der Waals surface area contributed by atoms with Crippen molar-refractivity contribution in [3.8, 4) is 0 Å². The van der Waals surface area contributed by atoms with Gasteiger partial charge < -0.3 is 9.66 Å². The molecule has 0 saturated heterocycles. The quantitative estimate of drug-likeness (QED) is 0.177. The molecule has 28 heavy (non-hydrogen) atoms. The molecule has 6 heteroatoms. The van der Waals surface area contributed by atoms with Gasteiger partial charge in [-0.1, -0.05) is 104 Å². The SMILES string of the molecule is CCCCCCC(O)CCCCCCCCCCC(CCCC)S(=O)(=O)[O-].[K+]. The summed E-state index contributed by atoms with van der Waals surface area (Å²) in [6.45, 7) is 4.22. The molecule has 2 atom stereocenters. The predicted molar refractivity (Wildman–Crippen MR) is 114 cm³/mol. The summed E-state index contributed by atoms with van der Waals surface area (Å²) in [7, 11) is -4.13. The zero-order valence-corrected chi connectivity index (χ0v) is 22.9. The van der Waals surface area contributed by atoms with Crippen molar-refractivity contribution in [2.75, 3.05) is 0 Å². The van der Waals surface area contributed by atoms with Crippen molar-refractivity contribution in [1.82, 2.24) is 0 Å². The van der Waals surface area contributed by atoms with Gasteiger partial charge in [-0.25, -0.2) is 8.42 Å². The van der Waals surface area contributed by atoms with Crippen LogP contribution in [0.5, 0.6) is 0 Å². The van der Waals surface area contributed by atoms with E-state index in [-0.39, 0.29) is 57.5 Å². The van der Waals surface area contributed by atoms with Crippen LogP contribution in [-0.2, 0) is 10.1 Å². The minimum absolute atomic E-state index is 0. The molecule has 0 aliphatic carbocycles. The van der Waals surface area contributed by atoms with E-state index in [1.807, 2.05) is 6.92 Å². The van der Waals surface area contributed by atoms with Gasteiger partial charge in [-0.2, -0.15) is 0 Å². The van der Waals surface area contributed by atoms with Gasteiger partial charge >= 0.3 is 51.4 Å². The van der Waals surface area contributed by atoms with Crippen LogP contribution in [0.3, 0.4) is 0 Å². The van der Waals surface area contributed by atoms with Crippen LogP contribution in [0.25, 0.3) is 0 Å². The second-order valence-corrected chi connectivity index (χ2v) is 9.82. The molecule has 0 aliphatic rings. The fourth-order valence-corrected chi connectivity index (χ4v) is 4.54. The van der Waals surface area contributed by atoms with Crippen molar-refractivity contribution in [1.29, 1.82) is 0 Å². The molecule has 0 aromatic rings. The third-order valence-electron chi connectivity index (χ3n) is 5.49. The maximum absolute atomic E-state index is 11.3. The Balaban J connectivity index is 0. The van der Waals surface area contributed by atoms with Crippen molar-refractivity contribution in [3.05, 3.63) is 0 Å². The van der Waals surface area contributed by atoms with E-state index < -0.39 is 15.4 Å². The van der Waals surface area contributed by atoms with Crippen LogP contribution < -0.4 is 51.4 Å².